The monoisotopic (exact) mass is 343 g/mol. The molecule has 25 heavy (non-hydrogen) atoms. The summed E-state index contributed by atoms with van der Waals surface area (Å²) in [7, 11) is 3.32. The van der Waals surface area contributed by atoms with E-state index in [2.05, 4.69) is 38.2 Å². The largest absolute Gasteiger partial charge is 0.497 e. The van der Waals surface area contributed by atoms with Crippen molar-refractivity contribution in [3.63, 3.8) is 0 Å². The molecule has 1 N–H and O–H groups in total. The average molecular weight is 343 g/mol. The minimum atomic E-state index is 0.0149. The van der Waals surface area contributed by atoms with Crippen molar-refractivity contribution in [2.24, 2.45) is 0 Å². The van der Waals surface area contributed by atoms with Gasteiger partial charge in [-0.2, -0.15) is 0 Å². The zero-order valence-electron chi connectivity index (χ0n) is 15.8. The number of nitrogens with one attached hydrogen (secondary N) is 1. The highest BCUT2D eigenvalue weighted by molar-refractivity contribution is 5.59. The number of para-hydroxylation sites is 1. The highest BCUT2D eigenvalue weighted by Gasteiger charge is 2.13. The van der Waals surface area contributed by atoms with Crippen LogP contribution < -0.4 is 19.5 Å². The van der Waals surface area contributed by atoms with Gasteiger partial charge < -0.3 is 19.5 Å². The zero-order valence-corrected chi connectivity index (χ0v) is 15.8. The fourth-order valence-corrected chi connectivity index (χ4v) is 2.68. The van der Waals surface area contributed by atoms with Crippen molar-refractivity contribution in [1.29, 1.82) is 0 Å². The molecule has 0 aliphatic heterocycles. The molecule has 0 saturated carbocycles. The summed E-state index contributed by atoms with van der Waals surface area (Å²) in [5, 5.41) is 3.39. The molecule has 0 aromatic heterocycles. The summed E-state index contributed by atoms with van der Waals surface area (Å²) in [5.74, 6) is 3.02. The number of hydrogen-bond donors (Lipinski definition) is 1. The van der Waals surface area contributed by atoms with Crippen LogP contribution in [0.15, 0.2) is 42.5 Å². The summed E-state index contributed by atoms with van der Waals surface area (Å²) in [5.41, 5.74) is 2.16. The second-order valence-electron chi connectivity index (χ2n) is 6.22. The fraction of sp³-hybridized carbons (Fsp3) is 0.429. The van der Waals surface area contributed by atoms with Crippen molar-refractivity contribution >= 4 is 5.69 Å². The molecule has 0 spiro atoms. The van der Waals surface area contributed by atoms with Crippen LogP contribution in [0.4, 0.5) is 5.69 Å². The molecule has 0 radical (unpaired) electrons. The normalized spacial score (nSPS) is 13.0. The Kier molecular flexibility index (Phi) is 6.99. The molecule has 2 aromatic rings. The van der Waals surface area contributed by atoms with E-state index in [0.717, 1.165) is 29.4 Å². The summed E-state index contributed by atoms with van der Waals surface area (Å²) in [4.78, 5) is 0. The molecule has 0 saturated heterocycles. The fourth-order valence-electron chi connectivity index (χ4n) is 2.68. The van der Waals surface area contributed by atoms with Gasteiger partial charge in [0.2, 0.25) is 0 Å². The average Bonchev–Trinajstić information content (AvgIpc) is 2.65. The van der Waals surface area contributed by atoms with Gasteiger partial charge in [-0.15, -0.1) is 0 Å². The Labute approximate surface area is 151 Å². The summed E-state index contributed by atoms with van der Waals surface area (Å²) in [6.45, 7) is 7.15. The molecule has 0 heterocycles. The van der Waals surface area contributed by atoms with Gasteiger partial charge in [0.15, 0.2) is 0 Å². The van der Waals surface area contributed by atoms with Crippen molar-refractivity contribution < 1.29 is 14.2 Å². The SMILES string of the molecule is CCC(C)c1ccccc1OC(C)CNc1cc(OC)ccc1OC. The first-order valence-electron chi connectivity index (χ1n) is 8.80. The van der Waals surface area contributed by atoms with E-state index in [0.29, 0.717) is 12.5 Å². The molecule has 0 aliphatic rings. The number of benzene rings is 2. The lowest BCUT2D eigenvalue weighted by Crippen LogP contribution is -2.23. The summed E-state index contributed by atoms with van der Waals surface area (Å²) >= 11 is 0. The maximum Gasteiger partial charge on any atom is 0.142 e. The predicted molar refractivity (Wildman–Crippen MR) is 103 cm³/mol. The van der Waals surface area contributed by atoms with Crippen LogP contribution in [0.3, 0.4) is 0 Å². The Morgan fingerprint density at radius 2 is 1.72 bits per heavy atom. The molecule has 0 fully saturated rings. The molecule has 0 aliphatic carbocycles. The smallest absolute Gasteiger partial charge is 0.142 e. The highest BCUT2D eigenvalue weighted by Crippen LogP contribution is 2.30. The number of rotatable bonds is 9. The summed E-state index contributed by atoms with van der Waals surface area (Å²) < 4.78 is 16.9. The lowest BCUT2D eigenvalue weighted by Gasteiger charge is -2.21. The van der Waals surface area contributed by atoms with Crippen molar-refractivity contribution in [1.82, 2.24) is 0 Å². The molecule has 0 amide bonds. The van der Waals surface area contributed by atoms with Gasteiger partial charge in [-0.3, -0.25) is 0 Å². The third-order valence-corrected chi connectivity index (χ3v) is 4.38. The van der Waals surface area contributed by atoms with Crippen LogP contribution in [0.1, 0.15) is 38.7 Å². The Hall–Kier alpha value is -2.36. The Morgan fingerprint density at radius 3 is 2.40 bits per heavy atom. The van der Waals surface area contributed by atoms with Gasteiger partial charge >= 0.3 is 0 Å². The Bertz CT molecular complexity index is 672. The lowest BCUT2D eigenvalue weighted by atomic mass is 9.98. The van der Waals surface area contributed by atoms with E-state index in [-0.39, 0.29) is 6.10 Å². The minimum Gasteiger partial charge on any atom is -0.497 e. The highest BCUT2D eigenvalue weighted by atomic mass is 16.5. The van der Waals surface area contributed by atoms with E-state index in [1.54, 1.807) is 14.2 Å². The van der Waals surface area contributed by atoms with Crippen LogP contribution in [0.5, 0.6) is 17.2 Å². The molecule has 2 atom stereocenters. The minimum absolute atomic E-state index is 0.0149. The third-order valence-electron chi connectivity index (χ3n) is 4.38. The number of anilines is 1. The predicted octanol–water partition coefficient (Wildman–Crippen LogP) is 5.10. The zero-order chi connectivity index (χ0) is 18.2. The first-order valence-corrected chi connectivity index (χ1v) is 8.80. The van der Waals surface area contributed by atoms with Crippen molar-refractivity contribution in [3.8, 4) is 17.2 Å². The van der Waals surface area contributed by atoms with Gasteiger partial charge in [0.1, 0.15) is 23.4 Å². The summed E-state index contributed by atoms with van der Waals surface area (Å²) in [6, 6.07) is 14.0. The molecule has 4 heteroatoms. The maximum atomic E-state index is 6.19. The quantitative estimate of drug-likeness (QED) is 0.688. The standard InChI is InChI=1S/C21H29NO3/c1-6-15(2)18-9-7-8-10-20(18)25-16(3)14-22-19-13-17(23-4)11-12-21(19)24-5/h7-13,15-16,22H,6,14H2,1-5H3. The van der Waals surface area contributed by atoms with Crippen molar-refractivity contribution in [2.75, 3.05) is 26.1 Å². The molecular formula is C21H29NO3. The number of methoxy groups -OCH3 is 2. The summed E-state index contributed by atoms with van der Waals surface area (Å²) in [6.07, 6.45) is 1.11. The van der Waals surface area contributed by atoms with Gasteiger partial charge in [-0.05, 0) is 43.0 Å². The van der Waals surface area contributed by atoms with E-state index in [4.69, 9.17) is 14.2 Å². The molecule has 2 unspecified atom stereocenters. The van der Waals surface area contributed by atoms with Gasteiger partial charge in [-0.1, -0.05) is 32.0 Å². The molecule has 136 valence electrons. The van der Waals surface area contributed by atoms with Crippen LogP contribution in [0.25, 0.3) is 0 Å². The van der Waals surface area contributed by atoms with E-state index < -0.39 is 0 Å². The molecule has 0 bridgehead atoms. The van der Waals surface area contributed by atoms with E-state index >= 15 is 0 Å². The van der Waals surface area contributed by atoms with Gasteiger partial charge in [0.05, 0.1) is 26.5 Å². The molecule has 2 rings (SSSR count). The second kappa shape index (κ2) is 9.21. The number of hydrogen-bond acceptors (Lipinski definition) is 4. The topological polar surface area (TPSA) is 39.7 Å². The van der Waals surface area contributed by atoms with E-state index in [1.165, 1.54) is 5.56 Å². The van der Waals surface area contributed by atoms with Gasteiger partial charge in [0, 0.05) is 6.07 Å². The van der Waals surface area contributed by atoms with Crippen LogP contribution in [0, 0.1) is 0 Å². The second-order valence-corrected chi connectivity index (χ2v) is 6.22. The van der Waals surface area contributed by atoms with Gasteiger partial charge in [0.25, 0.3) is 0 Å². The maximum absolute atomic E-state index is 6.19. The van der Waals surface area contributed by atoms with E-state index in [9.17, 15) is 0 Å². The van der Waals surface area contributed by atoms with Gasteiger partial charge in [-0.25, -0.2) is 0 Å². The third kappa shape index (κ3) is 5.05. The van der Waals surface area contributed by atoms with E-state index in [1.807, 2.05) is 30.3 Å². The molecular weight excluding hydrogens is 314 g/mol. The van der Waals surface area contributed by atoms with Crippen LogP contribution in [-0.4, -0.2) is 26.9 Å². The van der Waals surface area contributed by atoms with Crippen LogP contribution in [0.2, 0.25) is 0 Å². The first kappa shape index (κ1) is 19.0. The number of ether oxygens (including phenoxy) is 3. The lowest BCUT2D eigenvalue weighted by molar-refractivity contribution is 0.231. The van der Waals surface area contributed by atoms with Crippen molar-refractivity contribution in [3.05, 3.63) is 48.0 Å². The first-order chi connectivity index (χ1) is 12.1. The van der Waals surface area contributed by atoms with Crippen molar-refractivity contribution in [2.45, 2.75) is 39.2 Å². The molecule has 2 aromatic carbocycles. The van der Waals surface area contributed by atoms with Crippen LogP contribution in [-0.2, 0) is 0 Å². The van der Waals surface area contributed by atoms with Crippen LogP contribution >= 0.6 is 0 Å². The Morgan fingerprint density at radius 1 is 0.960 bits per heavy atom. The molecule has 4 nitrogen and oxygen atoms in total. The Balaban J connectivity index is 2.03.